The normalized spacial score (nSPS) is 9.60. The molecule has 0 saturated carbocycles. The van der Waals surface area contributed by atoms with Gasteiger partial charge in [0.05, 0.1) is 44.9 Å². The minimum absolute atomic E-state index is 0. The molecule has 0 aliphatic heterocycles. The molecule has 0 aromatic rings. The minimum atomic E-state index is -0.204. The predicted molar refractivity (Wildman–Crippen MR) is 100 cm³/mol. The Morgan fingerprint density at radius 3 is 1.88 bits per heavy atom. The summed E-state index contributed by atoms with van der Waals surface area (Å²) in [5.74, 6) is 0. The van der Waals surface area contributed by atoms with E-state index in [1.807, 2.05) is 20.8 Å². The molecule has 8 heteroatoms. The van der Waals surface area contributed by atoms with Crippen LogP contribution >= 0.6 is 0 Å². The van der Waals surface area contributed by atoms with Crippen molar-refractivity contribution in [2.75, 3.05) is 39.6 Å². The molecular weight excluding hydrogens is 478 g/mol. The van der Waals surface area contributed by atoms with Crippen molar-refractivity contribution in [3.63, 3.8) is 0 Å². The van der Waals surface area contributed by atoms with E-state index in [1.165, 1.54) is 6.26 Å². The van der Waals surface area contributed by atoms with Gasteiger partial charge in [-0.25, -0.2) is 0 Å². The Hall–Kier alpha value is 1.55. The maximum absolute atomic E-state index is 8.69. The summed E-state index contributed by atoms with van der Waals surface area (Å²) < 4.78 is 21.4. The first-order valence-electron chi connectivity index (χ1n) is 6.16. The van der Waals surface area contributed by atoms with Gasteiger partial charge in [-0.2, -0.15) is 0 Å². The van der Waals surface area contributed by atoms with Crippen LogP contribution in [0.4, 0.5) is 0 Å². The van der Waals surface area contributed by atoms with Gasteiger partial charge in [-0.1, -0.05) is 36.3 Å². The zero-order chi connectivity index (χ0) is 13.9. The summed E-state index contributed by atoms with van der Waals surface area (Å²) >= 11 is 0. The van der Waals surface area contributed by atoms with Crippen LogP contribution in [0.3, 0.4) is 0 Å². The number of aliphatic hydroxyl groups is 1. The molecule has 0 aromatic carbocycles. The van der Waals surface area contributed by atoms with Gasteiger partial charge in [0, 0.05) is 65.4 Å². The van der Waals surface area contributed by atoms with Gasteiger partial charge in [-0.05, 0) is 20.8 Å². The summed E-state index contributed by atoms with van der Waals surface area (Å²) in [5, 5.41) is 8.69. The SMILES string of the molecule is C.C.C.C.C=COCC(COCCOC(C)(C)C)OCCO.O.[Y].[Y]. The predicted octanol–water partition coefficient (Wildman–Crippen LogP) is 3.07. The maximum atomic E-state index is 8.69. The average molecular weight is 522 g/mol. The number of aliphatic hydroxyl groups excluding tert-OH is 1. The van der Waals surface area contributed by atoms with E-state index in [9.17, 15) is 0 Å². The third-order valence-electron chi connectivity index (χ3n) is 1.91. The molecule has 0 rings (SSSR count). The first-order chi connectivity index (χ1) is 8.49. The molecule has 154 valence electrons. The Kier molecular flexibility index (Phi) is 66.8. The minimum Gasteiger partial charge on any atom is -0.499 e. The van der Waals surface area contributed by atoms with Crippen LogP contribution in [-0.2, 0) is 84.4 Å². The van der Waals surface area contributed by atoms with Crippen LogP contribution in [-0.4, -0.2) is 61.9 Å². The zero-order valence-corrected chi connectivity index (χ0v) is 19.0. The van der Waals surface area contributed by atoms with Gasteiger partial charge in [0.2, 0.25) is 0 Å². The van der Waals surface area contributed by atoms with Gasteiger partial charge in [-0.3, -0.25) is 0 Å². The Morgan fingerprint density at radius 2 is 1.48 bits per heavy atom. The van der Waals surface area contributed by atoms with Gasteiger partial charge in [-0.15, -0.1) is 0 Å². The van der Waals surface area contributed by atoms with Crippen LogP contribution in [0.25, 0.3) is 0 Å². The molecule has 0 saturated heterocycles. The summed E-state index contributed by atoms with van der Waals surface area (Å²) in [6, 6.07) is 0. The molecular formula is C17H44O6Y2. The van der Waals surface area contributed by atoms with Crippen LogP contribution in [0.2, 0.25) is 0 Å². The van der Waals surface area contributed by atoms with E-state index in [-0.39, 0.29) is 126 Å². The average Bonchev–Trinajstić information content (AvgIpc) is 2.29. The van der Waals surface area contributed by atoms with Gasteiger partial charge >= 0.3 is 0 Å². The molecule has 0 bridgehead atoms. The molecule has 2 radical (unpaired) electrons. The monoisotopic (exact) mass is 522 g/mol. The summed E-state index contributed by atoms with van der Waals surface area (Å²) in [6.45, 7) is 11.5. The Bertz CT molecular complexity index is 214. The maximum Gasteiger partial charge on any atom is 0.116 e. The van der Waals surface area contributed by atoms with E-state index < -0.39 is 0 Å². The van der Waals surface area contributed by atoms with E-state index in [0.29, 0.717) is 26.4 Å². The van der Waals surface area contributed by atoms with Gasteiger partial charge in [0.1, 0.15) is 12.7 Å². The molecule has 6 nitrogen and oxygen atoms in total. The number of ether oxygens (including phenoxy) is 4. The van der Waals surface area contributed by atoms with Crippen LogP contribution < -0.4 is 0 Å². The zero-order valence-electron chi connectivity index (χ0n) is 13.3. The Labute approximate surface area is 207 Å². The van der Waals surface area contributed by atoms with Gasteiger partial charge < -0.3 is 29.5 Å². The smallest absolute Gasteiger partial charge is 0.116 e. The fourth-order valence-electron chi connectivity index (χ4n) is 1.16. The van der Waals surface area contributed by atoms with E-state index in [1.54, 1.807) is 0 Å². The van der Waals surface area contributed by atoms with Crippen LogP contribution in [0.1, 0.15) is 50.5 Å². The fraction of sp³-hybridized carbons (Fsp3) is 0.882. The van der Waals surface area contributed by atoms with Gasteiger partial charge in [0.15, 0.2) is 0 Å². The number of rotatable bonds is 11. The van der Waals surface area contributed by atoms with Crippen LogP contribution in [0.15, 0.2) is 12.8 Å². The molecule has 0 fully saturated rings. The Balaban J connectivity index is -0.0000000688. The second-order valence-electron chi connectivity index (χ2n) is 4.75. The second kappa shape index (κ2) is 33.2. The topological polar surface area (TPSA) is 88.7 Å². The summed E-state index contributed by atoms with van der Waals surface area (Å²) in [4.78, 5) is 0. The van der Waals surface area contributed by atoms with Crippen LogP contribution in [0.5, 0.6) is 0 Å². The van der Waals surface area contributed by atoms with E-state index in [4.69, 9.17) is 24.1 Å². The van der Waals surface area contributed by atoms with Crippen molar-refractivity contribution in [2.45, 2.75) is 62.2 Å². The molecule has 0 spiro atoms. The molecule has 0 amide bonds. The Morgan fingerprint density at radius 1 is 0.960 bits per heavy atom. The van der Waals surface area contributed by atoms with Crippen molar-refractivity contribution < 1.29 is 94.9 Å². The van der Waals surface area contributed by atoms with Crippen LogP contribution in [0, 0.1) is 0 Å². The van der Waals surface area contributed by atoms with Crippen molar-refractivity contribution in [1.29, 1.82) is 0 Å². The molecule has 0 aromatic heterocycles. The third kappa shape index (κ3) is 41.2. The molecule has 1 atom stereocenters. The molecule has 0 aliphatic rings. The summed E-state index contributed by atoms with van der Waals surface area (Å²) in [6.07, 6.45) is 1.16. The van der Waals surface area contributed by atoms with Crippen molar-refractivity contribution in [2.24, 2.45) is 0 Å². The molecule has 25 heavy (non-hydrogen) atoms. The van der Waals surface area contributed by atoms with E-state index >= 15 is 0 Å². The first-order valence-corrected chi connectivity index (χ1v) is 6.16. The molecule has 3 N–H and O–H groups in total. The number of hydrogen-bond acceptors (Lipinski definition) is 5. The van der Waals surface area contributed by atoms with Crippen molar-refractivity contribution in [3.05, 3.63) is 12.8 Å². The fourth-order valence-corrected chi connectivity index (χ4v) is 1.16. The molecule has 1 unspecified atom stereocenters. The van der Waals surface area contributed by atoms with Gasteiger partial charge in [0.25, 0.3) is 0 Å². The van der Waals surface area contributed by atoms with Crippen molar-refractivity contribution >= 4 is 0 Å². The van der Waals surface area contributed by atoms with E-state index in [0.717, 1.165) is 0 Å². The molecule has 0 aliphatic carbocycles. The first kappa shape index (κ1) is 50.4. The second-order valence-corrected chi connectivity index (χ2v) is 4.75. The standard InChI is InChI=1S/C13H26O5.4CH4.H2O.2Y/c1-5-15-10-12(17-7-6-14)11-16-8-9-18-13(2,3)4;;;;;;;/h5,12,14H,1,6-11H2,2-4H3;4*1H4;1H2;;. The van der Waals surface area contributed by atoms with Crippen molar-refractivity contribution in [3.8, 4) is 0 Å². The third-order valence-corrected chi connectivity index (χ3v) is 1.91. The largest absolute Gasteiger partial charge is 0.499 e. The summed E-state index contributed by atoms with van der Waals surface area (Å²) in [5.41, 5.74) is -0.151. The molecule has 0 heterocycles. The van der Waals surface area contributed by atoms with Crippen molar-refractivity contribution in [1.82, 2.24) is 0 Å². The summed E-state index contributed by atoms with van der Waals surface area (Å²) in [7, 11) is 0. The quantitative estimate of drug-likeness (QED) is 0.333. The van der Waals surface area contributed by atoms with E-state index in [2.05, 4.69) is 6.58 Å². The number of hydrogen-bond donors (Lipinski definition) is 1.